The number of rotatable bonds is 6. The molecule has 0 aromatic heterocycles. The lowest BCUT2D eigenvalue weighted by Gasteiger charge is -2.21. The fourth-order valence-corrected chi connectivity index (χ4v) is 2.68. The molecule has 4 heteroatoms. The third-order valence-corrected chi connectivity index (χ3v) is 3.99. The van der Waals surface area contributed by atoms with Crippen LogP contribution in [0.25, 0.3) is 0 Å². The number of para-hydroxylation sites is 2. The van der Waals surface area contributed by atoms with Crippen LogP contribution in [-0.2, 0) is 4.79 Å². The third kappa shape index (κ3) is 4.28. The van der Waals surface area contributed by atoms with Gasteiger partial charge in [-0.2, -0.15) is 0 Å². The number of hydrogen-bond donors (Lipinski definition) is 1. The van der Waals surface area contributed by atoms with Crippen LogP contribution in [0.1, 0.15) is 36.6 Å². The largest absolute Gasteiger partial charge is 0.493 e. The second kappa shape index (κ2) is 7.86. The zero-order chi connectivity index (χ0) is 17.7. The van der Waals surface area contributed by atoms with Crippen molar-refractivity contribution in [2.45, 2.75) is 39.8 Å². The molecule has 0 heterocycles. The Morgan fingerprint density at radius 2 is 1.71 bits per heavy atom. The number of amides is 1. The van der Waals surface area contributed by atoms with E-state index in [2.05, 4.69) is 37.4 Å². The molecule has 0 aliphatic heterocycles. The van der Waals surface area contributed by atoms with Gasteiger partial charge in [-0.05, 0) is 51.0 Å². The molecule has 0 spiro atoms. The minimum atomic E-state index is -0.616. The number of aryl methyl sites for hydroxylation is 2. The molecule has 0 aliphatic carbocycles. The van der Waals surface area contributed by atoms with E-state index in [1.54, 1.807) is 26.2 Å². The number of carbonyl (C=O) groups is 1. The molecule has 0 radical (unpaired) electrons. The van der Waals surface area contributed by atoms with Crippen LogP contribution in [0.2, 0.25) is 0 Å². The monoisotopic (exact) mass is 327 g/mol. The van der Waals surface area contributed by atoms with E-state index < -0.39 is 6.10 Å². The Morgan fingerprint density at radius 3 is 2.33 bits per heavy atom. The molecule has 24 heavy (non-hydrogen) atoms. The summed E-state index contributed by atoms with van der Waals surface area (Å²) in [7, 11) is 1.58. The second-order valence-electron chi connectivity index (χ2n) is 6.00. The van der Waals surface area contributed by atoms with Crippen LogP contribution >= 0.6 is 0 Å². The van der Waals surface area contributed by atoms with E-state index in [1.807, 2.05) is 19.1 Å². The Morgan fingerprint density at radius 1 is 1.04 bits per heavy atom. The zero-order valence-corrected chi connectivity index (χ0v) is 14.9. The van der Waals surface area contributed by atoms with Gasteiger partial charge < -0.3 is 14.8 Å². The molecule has 2 aromatic rings. The average molecular weight is 327 g/mol. The van der Waals surface area contributed by atoms with Gasteiger partial charge in [-0.1, -0.05) is 35.9 Å². The standard InChI is InChI=1S/C20H25NO3/c1-13-10-11-17(14(2)12-13)15(3)21-20(22)16(4)24-19-9-7-6-8-18(19)23-5/h6-12,15-16H,1-5H3,(H,21,22)/t15-,16-/m0/s1. The summed E-state index contributed by atoms with van der Waals surface area (Å²) in [5, 5.41) is 3.01. The highest BCUT2D eigenvalue weighted by Gasteiger charge is 2.19. The molecule has 0 saturated carbocycles. The Balaban J connectivity index is 2.03. The SMILES string of the molecule is COc1ccccc1O[C@@H](C)C(=O)N[C@@H](C)c1ccc(C)cc1C. The fraction of sp³-hybridized carbons (Fsp3) is 0.350. The fourth-order valence-electron chi connectivity index (χ4n) is 2.68. The van der Waals surface area contributed by atoms with E-state index in [-0.39, 0.29) is 11.9 Å². The summed E-state index contributed by atoms with van der Waals surface area (Å²) in [6.07, 6.45) is -0.616. The molecule has 0 bridgehead atoms. The predicted octanol–water partition coefficient (Wildman–Crippen LogP) is 3.96. The molecule has 1 amide bonds. The summed E-state index contributed by atoms with van der Waals surface area (Å²) in [6.45, 7) is 7.82. The molecule has 2 aromatic carbocycles. The number of benzene rings is 2. The van der Waals surface area contributed by atoms with E-state index in [4.69, 9.17) is 9.47 Å². The molecular weight excluding hydrogens is 302 g/mol. The molecule has 0 fully saturated rings. The number of ether oxygens (including phenoxy) is 2. The van der Waals surface area contributed by atoms with Crippen LogP contribution in [0.3, 0.4) is 0 Å². The quantitative estimate of drug-likeness (QED) is 0.874. The number of hydrogen-bond acceptors (Lipinski definition) is 3. The van der Waals surface area contributed by atoms with Gasteiger partial charge in [0.25, 0.3) is 5.91 Å². The Bertz CT molecular complexity index is 712. The molecular formula is C20H25NO3. The van der Waals surface area contributed by atoms with Crippen molar-refractivity contribution in [2.75, 3.05) is 7.11 Å². The summed E-state index contributed by atoms with van der Waals surface area (Å²) < 4.78 is 11.0. The van der Waals surface area contributed by atoms with Crippen LogP contribution < -0.4 is 14.8 Å². The van der Waals surface area contributed by atoms with Crippen molar-refractivity contribution in [3.05, 3.63) is 59.2 Å². The van der Waals surface area contributed by atoms with Crippen LogP contribution in [0.5, 0.6) is 11.5 Å². The van der Waals surface area contributed by atoms with E-state index in [0.29, 0.717) is 11.5 Å². The first-order valence-corrected chi connectivity index (χ1v) is 8.09. The molecule has 4 nitrogen and oxygen atoms in total. The average Bonchev–Trinajstić information content (AvgIpc) is 2.55. The smallest absolute Gasteiger partial charge is 0.261 e. The number of nitrogens with one attached hydrogen (secondary N) is 1. The van der Waals surface area contributed by atoms with Gasteiger partial charge in [0.15, 0.2) is 17.6 Å². The van der Waals surface area contributed by atoms with Crippen molar-refractivity contribution in [2.24, 2.45) is 0 Å². The Labute approximate surface area is 143 Å². The lowest BCUT2D eigenvalue weighted by atomic mass is 10.0. The van der Waals surface area contributed by atoms with E-state index >= 15 is 0 Å². The summed E-state index contributed by atoms with van der Waals surface area (Å²) in [4.78, 5) is 12.4. The maximum absolute atomic E-state index is 12.4. The molecule has 1 N–H and O–H groups in total. The third-order valence-electron chi connectivity index (χ3n) is 3.99. The van der Waals surface area contributed by atoms with Crippen molar-refractivity contribution in [3.8, 4) is 11.5 Å². The van der Waals surface area contributed by atoms with Crippen LogP contribution in [0, 0.1) is 13.8 Å². The van der Waals surface area contributed by atoms with Gasteiger partial charge in [-0.15, -0.1) is 0 Å². The van der Waals surface area contributed by atoms with Crippen molar-refractivity contribution in [1.29, 1.82) is 0 Å². The maximum atomic E-state index is 12.4. The van der Waals surface area contributed by atoms with Crippen molar-refractivity contribution in [1.82, 2.24) is 5.32 Å². The number of methoxy groups -OCH3 is 1. The molecule has 2 atom stereocenters. The second-order valence-corrected chi connectivity index (χ2v) is 6.00. The highest BCUT2D eigenvalue weighted by Crippen LogP contribution is 2.27. The summed E-state index contributed by atoms with van der Waals surface area (Å²) in [5.41, 5.74) is 3.49. The van der Waals surface area contributed by atoms with Gasteiger partial charge in [0.05, 0.1) is 13.2 Å². The van der Waals surface area contributed by atoms with E-state index in [1.165, 1.54) is 11.1 Å². The molecule has 0 saturated heterocycles. The maximum Gasteiger partial charge on any atom is 0.261 e. The Hall–Kier alpha value is -2.49. The molecule has 2 rings (SSSR count). The van der Waals surface area contributed by atoms with Crippen molar-refractivity contribution >= 4 is 5.91 Å². The Kier molecular flexibility index (Phi) is 5.85. The summed E-state index contributed by atoms with van der Waals surface area (Å²) in [6, 6.07) is 13.4. The van der Waals surface area contributed by atoms with Crippen LogP contribution in [0.15, 0.2) is 42.5 Å². The highest BCUT2D eigenvalue weighted by molar-refractivity contribution is 5.81. The lowest BCUT2D eigenvalue weighted by Crippen LogP contribution is -2.38. The van der Waals surface area contributed by atoms with Gasteiger partial charge in [-0.3, -0.25) is 4.79 Å². The van der Waals surface area contributed by atoms with Gasteiger partial charge in [0.1, 0.15) is 0 Å². The summed E-state index contributed by atoms with van der Waals surface area (Å²) in [5.74, 6) is 1.01. The number of carbonyl (C=O) groups excluding carboxylic acids is 1. The normalized spacial score (nSPS) is 13.0. The topological polar surface area (TPSA) is 47.6 Å². The van der Waals surface area contributed by atoms with Gasteiger partial charge in [0.2, 0.25) is 0 Å². The minimum Gasteiger partial charge on any atom is -0.493 e. The first-order chi connectivity index (χ1) is 11.4. The summed E-state index contributed by atoms with van der Waals surface area (Å²) >= 11 is 0. The molecule has 0 aliphatic rings. The predicted molar refractivity (Wildman–Crippen MR) is 95.6 cm³/mol. The van der Waals surface area contributed by atoms with Crippen molar-refractivity contribution in [3.63, 3.8) is 0 Å². The van der Waals surface area contributed by atoms with Gasteiger partial charge >= 0.3 is 0 Å². The van der Waals surface area contributed by atoms with E-state index in [9.17, 15) is 4.79 Å². The first kappa shape index (κ1) is 17.9. The van der Waals surface area contributed by atoms with Crippen LogP contribution in [0.4, 0.5) is 0 Å². The van der Waals surface area contributed by atoms with Crippen molar-refractivity contribution < 1.29 is 14.3 Å². The molecule has 0 unspecified atom stereocenters. The van der Waals surface area contributed by atoms with Gasteiger partial charge in [0, 0.05) is 0 Å². The zero-order valence-electron chi connectivity index (χ0n) is 14.9. The van der Waals surface area contributed by atoms with E-state index in [0.717, 1.165) is 5.56 Å². The highest BCUT2D eigenvalue weighted by atomic mass is 16.5. The lowest BCUT2D eigenvalue weighted by molar-refractivity contribution is -0.127. The minimum absolute atomic E-state index is 0.0816. The van der Waals surface area contributed by atoms with Crippen LogP contribution in [-0.4, -0.2) is 19.1 Å². The van der Waals surface area contributed by atoms with Gasteiger partial charge in [-0.25, -0.2) is 0 Å². The molecule has 128 valence electrons. The first-order valence-electron chi connectivity index (χ1n) is 8.09.